The number of halogens is 1. The second-order valence-electron chi connectivity index (χ2n) is 6.11. The molecule has 0 spiro atoms. The van der Waals surface area contributed by atoms with Crippen LogP contribution in [-0.4, -0.2) is 17.7 Å². The van der Waals surface area contributed by atoms with Gasteiger partial charge in [0.15, 0.2) is 0 Å². The Hall–Kier alpha value is -2.85. The van der Waals surface area contributed by atoms with Crippen molar-refractivity contribution in [2.45, 2.75) is 19.9 Å². The van der Waals surface area contributed by atoms with E-state index >= 15 is 0 Å². The molecule has 0 bridgehead atoms. The number of benzene rings is 3. The molecule has 1 amide bonds. The Bertz CT molecular complexity index is 968. The summed E-state index contributed by atoms with van der Waals surface area (Å²) >= 11 is 5.96. The van der Waals surface area contributed by atoms with Gasteiger partial charge in [-0.2, -0.15) is 5.10 Å². The summed E-state index contributed by atoms with van der Waals surface area (Å²) in [7, 11) is 0. The van der Waals surface area contributed by atoms with Crippen molar-refractivity contribution in [2.24, 2.45) is 5.10 Å². The van der Waals surface area contributed by atoms with Gasteiger partial charge in [-0.1, -0.05) is 54.1 Å². The van der Waals surface area contributed by atoms with E-state index in [-0.39, 0.29) is 5.91 Å². The molecule has 0 heterocycles. The summed E-state index contributed by atoms with van der Waals surface area (Å²) in [6, 6.07) is 21.1. The zero-order valence-electron chi connectivity index (χ0n) is 14.7. The van der Waals surface area contributed by atoms with Crippen molar-refractivity contribution in [2.75, 3.05) is 5.32 Å². The van der Waals surface area contributed by atoms with Crippen LogP contribution in [0.25, 0.3) is 10.8 Å². The summed E-state index contributed by atoms with van der Waals surface area (Å²) in [5.41, 5.74) is 5.13. The quantitative estimate of drug-likeness (QED) is 0.502. The molecule has 132 valence electrons. The highest BCUT2D eigenvalue weighted by molar-refractivity contribution is 6.30. The SMILES string of the molecule is C/C(=N\NC(=O)[C@@H](C)Nc1cccc(Cl)c1)c1ccc2ccccc2c1. The number of hydrazone groups is 1. The van der Waals surface area contributed by atoms with Crippen molar-refractivity contribution >= 4 is 39.7 Å². The maximum atomic E-state index is 12.3. The van der Waals surface area contributed by atoms with Crippen LogP contribution >= 0.6 is 11.6 Å². The number of nitrogens with zero attached hydrogens (tertiary/aromatic N) is 1. The van der Waals surface area contributed by atoms with Crippen molar-refractivity contribution in [3.63, 3.8) is 0 Å². The highest BCUT2D eigenvalue weighted by atomic mass is 35.5. The van der Waals surface area contributed by atoms with E-state index in [4.69, 9.17) is 11.6 Å². The summed E-state index contributed by atoms with van der Waals surface area (Å²) in [4.78, 5) is 12.3. The summed E-state index contributed by atoms with van der Waals surface area (Å²) in [5.74, 6) is -0.217. The number of amides is 1. The van der Waals surface area contributed by atoms with Gasteiger partial charge >= 0.3 is 0 Å². The van der Waals surface area contributed by atoms with E-state index in [1.54, 1.807) is 19.1 Å². The lowest BCUT2D eigenvalue weighted by atomic mass is 10.0. The normalized spacial score (nSPS) is 12.7. The third-order valence-electron chi connectivity index (χ3n) is 4.10. The first-order chi connectivity index (χ1) is 12.5. The van der Waals surface area contributed by atoms with Crippen molar-refractivity contribution in [1.82, 2.24) is 5.43 Å². The van der Waals surface area contributed by atoms with Crippen LogP contribution in [0.2, 0.25) is 5.02 Å². The molecule has 0 radical (unpaired) electrons. The molecule has 4 nitrogen and oxygen atoms in total. The number of fused-ring (bicyclic) bond motifs is 1. The Morgan fingerprint density at radius 3 is 2.54 bits per heavy atom. The molecule has 26 heavy (non-hydrogen) atoms. The highest BCUT2D eigenvalue weighted by Gasteiger charge is 2.12. The number of nitrogens with one attached hydrogen (secondary N) is 2. The van der Waals surface area contributed by atoms with Gasteiger partial charge in [0.2, 0.25) is 0 Å². The van der Waals surface area contributed by atoms with Crippen LogP contribution in [0.1, 0.15) is 19.4 Å². The van der Waals surface area contributed by atoms with Crippen LogP contribution in [0.15, 0.2) is 71.8 Å². The van der Waals surface area contributed by atoms with E-state index in [0.717, 1.165) is 22.3 Å². The molecule has 0 aliphatic carbocycles. The van der Waals surface area contributed by atoms with Crippen LogP contribution in [0.3, 0.4) is 0 Å². The second kappa shape index (κ2) is 8.02. The summed E-state index contributed by atoms with van der Waals surface area (Å²) < 4.78 is 0. The number of carbonyl (C=O) groups is 1. The first-order valence-electron chi connectivity index (χ1n) is 8.38. The topological polar surface area (TPSA) is 53.5 Å². The Kier molecular flexibility index (Phi) is 5.54. The fourth-order valence-corrected chi connectivity index (χ4v) is 2.80. The molecule has 0 aliphatic rings. The molecule has 0 saturated carbocycles. The van der Waals surface area contributed by atoms with E-state index < -0.39 is 6.04 Å². The second-order valence-corrected chi connectivity index (χ2v) is 6.55. The molecule has 1 atom stereocenters. The van der Waals surface area contributed by atoms with Crippen LogP contribution in [0.5, 0.6) is 0 Å². The minimum absolute atomic E-state index is 0.217. The molecule has 5 heteroatoms. The van der Waals surface area contributed by atoms with Crippen molar-refractivity contribution in [3.05, 3.63) is 77.3 Å². The van der Waals surface area contributed by atoms with Crippen LogP contribution in [0.4, 0.5) is 5.69 Å². The zero-order chi connectivity index (χ0) is 18.5. The predicted octanol–water partition coefficient (Wildman–Crippen LogP) is 4.83. The smallest absolute Gasteiger partial charge is 0.262 e. The summed E-state index contributed by atoms with van der Waals surface area (Å²) in [6.45, 7) is 3.65. The van der Waals surface area contributed by atoms with Crippen LogP contribution in [0, 0.1) is 0 Å². The fraction of sp³-hybridized carbons (Fsp3) is 0.143. The Morgan fingerprint density at radius 1 is 1.00 bits per heavy atom. The third kappa shape index (κ3) is 4.41. The lowest BCUT2D eigenvalue weighted by molar-refractivity contribution is -0.121. The Balaban J connectivity index is 1.66. The molecular weight excluding hydrogens is 346 g/mol. The van der Waals surface area contributed by atoms with Gasteiger partial charge in [0.05, 0.1) is 5.71 Å². The number of carbonyl (C=O) groups excluding carboxylic acids is 1. The Morgan fingerprint density at radius 2 is 1.77 bits per heavy atom. The average molecular weight is 366 g/mol. The molecule has 3 aromatic carbocycles. The molecule has 0 unspecified atom stereocenters. The number of hydrogen-bond acceptors (Lipinski definition) is 3. The van der Waals surface area contributed by atoms with Gasteiger partial charge in [0.25, 0.3) is 5.91 Å². The van der Waals surface area contributed by atoms with Crippen molar-refractivity contribution in [3.8, 4) is 0 Å². The molecule has 0 aromatic heterocycles. The lowest BCUT2D eigenvalue weighted by Crippen LogP contribution is -2.35. The monoisotopic (exact) mass is 365 g/mol. The van der Waals surface area contributed by atoms with Crippen molar-refractivity contribution < 1.29 is 4.79 Å². The van der Waals surface area contributed by atoms with E-state index in [9.17, 15) is 4.79 Å². The van der Waals surface area contributed by atoms with E-state index in [0.29, 0.717) is 5.02 Å². The molecule has 3 rings (SSSR count). The number of hydrogen-bond donors (Lipinski definition) is 2. The summed E-state index contributed by atoms with van der Waals surface area (Å²) in [5, 5.41) is 10.3. The van der Waals surface area contributed by atoms with Gasteiger partial charge in [0.1, 0.15) is 6.04 Å². The van der Waals surface area contributed by atoms with Gasteiger partial charge < -0.3 is 5.32 Å². The third-order valence-corrected chi connectivity index (χ3v) is 4.34. The maximum absolute atomic E-state index is 12.3. The summed E-state index contributed by atoms with van der Waals surface area (Å²) in [6.07, 6.45) is 0. The molecule has 0 saturated heterocycles. The average Bonchev–Trinajstić information content (AvgIpc) is 2.65. The number of anilines is 1. The van der Waals surface area contributed by atoms with Crippen LogP contribution < -0.4 is 10.7 Å². The minimum atomic E-state index is -0.443. The van der Waals surface area contributed by atoms with Gasteiger partial charge in [0, 0.05) is 10.7 Å². The van der Waals surface area contributed by atoms with E-state index in [1.807, 2.05) is 37.3 Å². The maximum Gasteiger partial charge on any atom is 0.262 e. The van der Waals surface area contributed by atoms with Crippen molar-refractivity contribution in [1.29, 1.82) is 0 Å². The largest absolute Gasteiger partial charge is 0.374 e. The number of rotatable bonds is 5. The van der Waals surface area contributed by atoms with Gasteiger partial charge in [-0.25, -0.2) is 5.43 Å². The first kappa shape index (κ1) is 18.0. The first-order valence-corrected chi connectivity index (χ1v) is 8.76. The molecule has 0 fully saturated rings. The Labute approximate surface area is 157 Å². The van der Waals surface area contributed by atoms with Gasteiger partial charge in [-0.3, -0.25) is 4.79 Å². The fourth-order valence-electron chi connectivity index (χ4n) is 2.61. The predicted molar refractivity (Wildman–Crippen MR) is 109 cm³/mol. The standard InChI is InChI=1S/C21H20ClN3O/c1-14(17-11-10-16-6-3-4-7-18(16)12-17)24-25-21(26)15(2)23-20-9-5-8-19(22)13-20/h3-13,15,23H,1-2H3,(H,25,26)/b24-14+/t15-/m1/s1. The minimum Gasteiger partial charge on any atom is -0.374 e. The van der Waals surface area contributed by atoms with Gasteiger partial charge in [-0.15, -0.1) is 0 Å². The zero-order valence-corrected chi connectivity index (χ0v) is 15.4. The molecule has 0 aliphatic heterocycles. The van der Waals surface area contributed by atoms with Crippen LogP contribution in [-0.2, 0) is 4.79 Å². The highest BCUT2D eigenvalue weighted by Crippen LogP contribution is 2.17. The lowest BCUT2D eigenvalue weighted by Gasteiger charge is -2.14. The molecule has 2 N–H and O–H groups in total. The van der Waals surface area contributed by atoms with Gasteiger partial charge in [-0.05, 0) is 54.4 Å². The molecular formula is C21H20ClN3O. The molecule has 3 aromatic rings. The van der Waals surface area contributed by atoms with E-state index in [1.165, 1.54) is 5.39 Å². The van der Waals surface area contributed by atoms with E-state index in [2.05, 4.69) is 40.1 Å².